The number of nitrogens with zero attached hydrogens (tertiary/aromatic N) is 2. The van der Waals surface area contributed by atoms with Crippen LogP contribution in [0.4, 0.5) is 0 Å². The number of amides is 1. The second-order valence-corrected chi connectivity index (χ2v) is 4.89. The topological polar surface area (TPSA) is 56.4 Å². The van der Waals surface area contributed by atoms with Crippen molar-refractivity contribution in [3.63, 3.8) is 0 Å². The minimum Gasteiger partial charge on any atom is -0.333 e. The molecule has 0 saturated carbocycles. The van der Waals surface area contributed by atoms with Gasteiger partial charge >= 0.3 is 0 Å². The molecule has 0 spiro atoms. The van der Waals surface area contributed by atoms with Crippen LogP contribution in [0.15, 0.2) is 23.0 Å². The lowest BCUT2D eigenvalue weighted by Crippen LogP contribution is -2.42. The van der Waals surface area contributed by atoms with Crippen LogP contribution in [0.2, 0.25) is 0 Å². The standard InChI is InChI=1S/C13H19N3O2/c1-10-9-15(2)7-4-8-16(10)13(18)11-5-3-6-12(17)14-11/h3,5-6,10H,4,7-9H2,1-2H3,(H,14,17). The van der Waals surface area contributed by atoms with E-state index in [2.05, 4.69) is 16.9 Å². The van der Waals surface area contributed by atoms with Gasteiger partial charge in [-0.1, -0.05) is 6.07 Å². The highest BCUT2D eigenvalue weighted by Gasteiger charge is 2.25. The van der Waals surface area contributed by atoms with E-state index in [0.29, 0.717) is 5.69 Å². The minimum atomic E-state index is -0.236. The number of nitrogens with one attached hydrogen (secondary N) is 1. The summed E-state index contributed by atoms with van der Waals surface area (Å²) >= 11 is 0. The second-order valence-electron chi connectivity index (χ2n) is 4.89. The van der Waals surface area contributed by atoms with Crippen LogP contribution in [-0.2, 0) is 0 Å². The number of carbonyl (C=O) groups excluding carboxylic acids is 1. The van der Waals surface area contributed by atoms with Crippen LogP contribution in [-0.4, -0.2) is 53.4 Å². The van der Waals surface area contributed by atoms with Gasteiger partial charge in [0.2, 0.25) is 5.56 Å². The van der Waals surface area contributed by atoms with E-state index in [0.717, 1.165) is 26.1 Å². The molecule has 1 aromatic rings. The lowest BCUT2D eigenvalue weighted by Gasteiger charge is -2.27. The highest BCUT2D eigenvalue weighted by molar-refractivity contribution is 5.92. The summed E-state index contributed by atoms with van der Waals surface area (Å²) in [6.45, 7) is 4.64. The van der Waals surface area contributed by atoms with E-state index in [9.17, 15) is 9.59 Å². The number of aromatic nitrogens is 1. The first-order chi connectivity index (χ1) is 8.58. The molecule has 1 N–H and O–H groups in total. The van der Waals surface area contributed by atoms with Crippen LogP contribution in [0.3, 0.4) is 0 Å². The summed E-state index contributed by atoms with van der Waals surface area (Å²) in [7, 11) is 2.06. The molecule has 1 atom stereocenters. The Bertz CT molecular complexity index is 483. The number of carbonyl (C=O) groups is 1. The lowest BCUT2D eigenvalue weighted by atomic mass is 10.2. The summed E-state index contributed by atoms with van der Waals surface area (Å²) in [5.74, 6) is -0.0875. The summed E-state index contributed by atoms with van der Waals surface area (Å²) in [4.78, 5) is 30.3. The number of H-pyrrole nitrogens is 1. The SMILES string of the molecule is CC1CN(C)CCCN1C(=O)c1cccc(=O)[nH]1. The smallest absolute Gasteiger partial charge is 0.270 e. The van der Waals surface area contributed by atoms with Crippen molar-refractivity contribution in [3.8, 4) is 0 Å². The molecule has 5 nitrogen and oxygen atoms in total. The third-order valence-electron chi connectivity index (χ3n) is 3.31. The maximum atomic E-state index is 12.4. The molecule has 18 heavy (non-hydrogen) atoms. The van der Waals surface area contributed by atoms with Gasteiger partial charge < -0.3 is 14.8 Å². The number of rotatable bonds is 1. The fourth-order valence-electron chi connectivity index (χ4n) is 2.40. The van der Waals surface area contributed by atoms with Crippen molar-refractivity contribution >= 4 is 5.91 Å². The molecule has 1 unspecified atom stereocenters. The predicted octanol–water partition coefficient (Wildman–Crippen LogP) is 0.541. The number of hydrogen-bond donors (Lipinski definition) is 1. The Morgan fingerprint density at radius 2 is 2.17 bits per heavy atom. The molecule has 98 valence electrons. The number of hydrogen-bond acceptors (Lipinski definition) is 3. The average Bonchev–Trinajstić information content (AvgIpc) is 2.49. The molecule has 1 amide bonds. The summed E-state index contributed by atoms with van der Waals surface area (Å²) in [6, 6.07) is 4.84. The molecule has 1 aromatic heterocycles. The van der Waals surface area contributed by atoms with E-state index in [-0.39, 0.29) is 17.5 Å². The maximum Gasteiger partial charge on any atom is 0.270 e. The Labute approximate surface area is 106 Å². The Kier molecular flexibility index (Phi) is 3.81. The number of likely N-dealkylation sites (N-methyl/N-ethyl adjacent to an activating group) is 1. The zero-order valence-corrected chi connectivity index (χ0v) is 10.8. The number of pyridine rings is 1. The molecule has 1 saturated heterocycles. The van der Waals surface area contributed by atoms with Gasteiger partial charge in [-0.3, -0.25) is 9.59 Å². The van der Waals surface area contributed by atoms with E-state index in [4.69, 9.17) is 0 Å². The van der Waals surface area contributed by atoms with Gasteiger partial charge in [0.15, 0.2) is 0 Å². The summed E-state index contributed by atoms with van der Waals surface area (Å²) in [6.07, 6.45) is 0.962. The minimum absolute atomic E-state index is 0.0875. The van der Waals surface area contributed by atoms with Gasteiger partial charge in [0, 0.05) is 25.2 Å². The molecule has 2 heterocycles. The molecule has 0 bridgehead atoms. The van der Waals surface area contributed by atoms with Gasteiger partial charge in [-0.15, -0.1) is 0 Å². The van der Waals surface area contributed by atoms with Crippen LogP contribution >= 0.6 is 0 Å². The van der Waals surface area contributed by atoms with Gasteiger partial charge in [0.05, 0.1) is 0 Å². The first kappa shape index (κ1) is 12.8. The first-order valence-electron chi connectivity index (χ1n) is 6.27. The Morgan fingerprint density at radius 3 is 2.89 bits per heavy atom. The van der Waals surface area contributed by atoms with E-state index in [1.807, 2.05) is 11.8 Å². The van der Waals surface area contributed by atoms with E-state index < -0.39 is 0 Å². The molecule has 0 aliphatic carbocycles. The molecular weight excluding hydrogens is 230 g/mol. The molecule has 0 radical (unpaired) electrons. The molecule has 0 aromatic carbocycles. The van der Waals surface area contributed by atoms with Gasteiger partial charge in [0.1, 0.15) is 5.69 Å². The van der Waals surface area contributed by atoms with E-state index in [1.54, 1.807) is 12.1 Å². The van der Waals surface area contributed by atoms with Crippen LogP contribution in [0.1, 0.15) is 23.8 Å². The monoisotopic (exact) mass is 249 g/mol. The molecule has 5 heteroatoms. The summed E-state index contributed by atoms with van der Waals surface area (Å²) in [5.41, 5.74) is 0.138. The Morgan fingerprint density at radius 1 is 1.39 bits per heavy atom. The Hall–Kier alpha value is -1.62. The van der Waals surface area contributed by atoms with Crippen molar-refractivity contribution < 1.29 is 4.79 Å². The van der Waals surface area contributed by atoms with Crippen molar-refractivity contribution in [2.75, 3.05) is 26.7 Å². The lowest BCUT2D eigenvalue weighted by molar-refractivity contribution is 0.0690. The van der Waals surface area contributed by atoms with Crippen molar-refractivity contribution in [3.05, 3.63) is 34.2 Å². The van der Waals surface area contributed by atoms with Gasteiger partial charge in [-0.2, -0.15) is 0 Å². The van der Waals surface area contributed by atoms with Crippen LogP contribution in [0.5, 0.6) is 0 Å². The molecular formula is C13H19N3O2. The first-order valence-corrected chi connectivity index (χ1v) is 6.27. The predicted molar refractivity (Wildman–Crippen MR) is 69.7 cm³/mol. The summed E-state index contributed by atoms with van der Waals surface area (Å²) in [5, 5.41) is 0. The zero-order valence-electron chi connectivity index (χ0n) is 10.8. The van der Waals surface area contributed by atoms with Gasteiger partial charge in [0.25, 0.3) is 5.91 Å². The quantitative estimate of drug-likeness (QED) is 0.790. The number of aromatic amines is 1. The third kappa shape index (κ3) is 2.79. The van der Waals surface area contributed by atoms with Gasteiger partial charge in [-0.25, -0.2) is 0 Å². The van der Waals surface area contributed by atoms with Crippen LogP contribution < -0.4 is 5.56 Å². The van der Waals surface area contributed by atoms with Crippen molar-refractivity contribution in [1.29, 1.82) is 0 Å². The Balaban J connectivity index is 2.19. The van der Waals surface area contributed by atoms with Crippen LogP contribution in [0.25, 0.3) is 0 Å². The maximum absolute atomic E-state index is 12.4. The zero-order chi connectivity index (χ0) is 13.1. The van der Waals surface area contributed by atoms with Crippen molar-refractivity contribution in [2.45, 2.75) is 19.4 Å². The van der Waals surface area contributed by atoms with Crippen molar-refractivity contribution in [1.82, 2.24) is 14.8 Å². The highest BCUT2D eigenvalue weighted by atomic mass is 16.2. The van der Waals surface area contributed by atoms with Crippen molar-refractivity contribution in [2.24, 2.45) is 0 Å². The fraction of sp³-hybridized carbons (Fsp3) is 0.538. The normalized spacial score (nSPS) is 21.7. The fourth-order valence-corrected chi connectivity index (χ4v) is 2.40. The van der Waals surface area contributed by atoms with Crippen LogP contribution in [0, 0.1) is 0 Å². The molecule has 2 rings (SSSR count). The average molecular weight is 249 g/mol. The third-order valence-corrected chi connectivity index (χ3v) is 3.31. The van der Waals surface area contributed by atoms with Gasteiger partial charge in [-0.05, 0) is 33.0 Å². The van der Waals surface area contributed by atoms with E-state index >= 15 is 0 Å². The summed E-state index contributed by atoms with van der Waals surface area (Å²) < 4.78 is 0. The largest absolute Gasteiger partial charge is 0.333 e. The molecule has 1 aliphatic rings. The molecule has 1 fully saturated rings. The second kappa shape index (κ2) is 5.35. The highest BCUT2D eigenvalue weighted by Crippen LogP contribution is 2.11. The molecule has 1 aliphatic heterocycles. The van der Waals surface area contributed by atoms with E-state index in [1.165, 1.54) is 6.07 Å².